The van der Waals surface area contributed by atoms with Crippen LogP contribution >= 0.6 is 0 Å². The molecule has 0 atom stereocenters. The third-order valence-electron chi connectivity index (χ3n) is 4.91. The van der Waals surface area contributed by atoms with Crippen molar-refractivity contribution in [2.75, 3.05) is 25.3 Å². The fraction of sp³-hybridized carbons (Fsp3) is 0.261. The first-order valence-corrected chi connectivity index (χ1v) is 10.3. The maximum absolute atomic E-state index is 12.9. The van der Waals surface area contributed by atoms with Crippen molar-refractivity contribution in [3.63, 3.8) is 0 Å². The minimum atomic E-state index is -0.474. The predicted octanol–water partition coefficient (Wildman–Crippen LogP) is 3.83. The summed E-state index contributed by atoms with van der Waals surface area (Å²) in [4.78, 5) is 26.4. The summed E-state index contributed by atoms with van der Waals surface area (Å²) < 4.78 is 17.3. The third-order valence-corrected chi connectivity index (χ3v) is 4.91. The second kappa shape index (κ2) is 9.42. The SMILES string of the molecule is CCOC(=O)c1ccn(-c2cccc(NC(=O)N(CC)Cc3ccc4c(c3)OCO4)c2)n1. The van der Waals surface area contributed by atoms with Crippen LogP contribution in [0.15, 0.2) is 54.7 Å². The van der Waals surface area contributed by atoms with E-state index in [0.717, 1.165) is 5.56 Å². The van der Waals surface area contributed by atoms with Crippen LogP contribution < -0.4 is 14.8 Å². The Kier molecular flexibility index (Phi) is 6.25. The number of anilines is 1. The zero-order valence-corrected chi connectivity index (χ0v) is 17.9. The monoisotopic (exact) mass is 436 g/mol. The lowest BCUT2D eigenvalue weighted by molar-refractivity contribution is 0.0519. The molecule has 1 aromatic heterocycles. The Hall–Kier alpha value is -4.01. The van der Waals surface area contributed by atoms with Crippen LogP contribution in [0.25, 0.3) is 5.69 Å². The van der Waals surface area contributed by atoms with E-state index in [1.807, 2.05) is 37.3 Å². The van der Waals surface area contributed by atoms with Crippen LogP contribution in [0.2, 0.25) is 0 Å². The molecule has 1 aliphatic heterocycles. The number of esters is 1. The number of hydrogen-bond acceptors (Lipinski definition) is 6. The number of nitrogens with zero attached hydrogens (tertiary/aromatic N) is 3. The molecule has 0 saturated heterocycles. The van der Waals surface area contributed by atoms with Crippen LogP contribution in [-0.2, 0) is 11.3 Å². The van der Waals surface area contributed by atoms with Gasteiger partial charge in [-0.25, -0.2) is 14.3 Å². The highest BCUT2D eigenvalue weighted by Crippen LogP contribution is 2.32. The van der Waals surface area contributed by atoms with Crippen molar-refractivity contribution in [3.05, 3.63) is 66.0 Å². The highest BCUT2D eigenvalue weighted by Gasteiger charge is 2.17. The molecule has 2 heterocycles. The molecule has 0 aliphatic carbocycles. The minimum Gasteiger partial charge on any atom is -0.461 e. The fourth-order valence-corrected chi connectivity index (χ4v) is 3.30. The summed E-state index contributed by atoms with van der Waals surface area (Å²) in [7, 11) is 0. The number of urea groups is 1. The van der Waals surface area contributed by atoms with Crippen LogP contribution in [0.4, 0.5) is 10.5 Å². The van der Waals surface area contributed by atoms with E-state index in [9.17, 15) is 9.59 Å². The Bertz CT molecular complexity index is 1130. The van der Waals surface area contributed by atoms with E-state index < -0.39 is 5.97 Å². The highest BCUT2D eigenvalue weighted by molar-refractivity contribution is 5.89. The highest BCUT2D eigenvalue weighted by atomic mass is 16.7. The van der Waals surface area contributed by atoms with Gasteiger partial charge in [-0.15, -0.1) is 0 Å². The van der Waals surface area contributed by atoms with Gasteiger partial charge in [0.1, 0.15) is 0 Å². The molecule has 3 aromatic rings. The number of ether oxygens (including phenoxy) is 3. The van der Waals surface area contributed by atoms with Gasteiger partial charge >= 0.3 is 12.0 Å². The molecule has 166 valence electrons. The Labute approximate surface area is 185 Å². The van der Waals surface area contributed by atoms with Gasteiger partial charge in [0.15, 0.2) is 17.2 Å². The number of hydrogen-bond donors (Lipinski definition) is 1. The van der Waals surface area contributed by atoms with Crippen molar-refractivity contribution in [2.45, 2.75) is 20.4 Å². The fourth-order valence-electron chi connectivity index (χ4n) is 3.30. The maximum atomic E-state index is 12.9. The largest absolute Gasteiger partial charge is 0.461 e. The number of benzene rings is 2. The van der Waals surface area contributed by atoms with Crippen molar-refractivity contribution >= 4 is 17.7 Å². The van der Waals surface area contributed by atoms with Crippen molar-refractivity contribution in [2.24, 2.45) is 0 Å². The number of carbonyl (C=O) groups excluding carboxylic acids is 2. The van der Waals surface area contributed by atoms with E-state index in [1.165, 1.54) is 0 Å². The second-order valence-electron chi connectivity index (χ2n) is 7.05. The van der Waals surface area contributed by atoms with E-state index in [-0.39, 0.29) is 25.1 Å². The Morgan fingerprint density at radius 1 is 1.12 bits per heavy atom. The molecule has 0 bridgehead atoms. The molecule has 1 N–H and O–H groups in total. The molecule has 0 spiro atoms. The first kappa shape index (κ1) is 21.2. The smallest absolute Gasteiger partial charge is 0.358 e. The van der Waals surface area contributed by atoms with Crippen molar-refractivity contribution in [3.8, 4) is 17.2 Å². The summed E-state index contributed by atoms with van der Waals surface area (Å²) in [5.74, 6) is 0.925. The first-order chi connectivity index (χ1) is 15.6. The molecular weight excluding hydrogens is 412 g/mol. The lowest BCUT2D eigenvalue weighted by Crippen LogP contribution is -2.34. The summed E-state index contributed by atoms with van der Waals surface area (Å²) in [6, 6.07) is 14.2. The molecule has 9 nitrogen and oxygen atoms in total. The average Bonchev–Trinajstić information content (AvgIpc) is 3.47. The molecule has 1 aliphatic rings. The molecule has 2 amide bonds. The van der Waals surface area contributed by atoms with Gasteiger partial charge in [0.25, 0.3) is 0 Å². The number of aromatic nitrogens is 2. The van der Waals surface area contributed by atoms with Gasteiger partial charge in [-0.2, -0.15) is 5.10 Å². The minimum absolute atomic E-state index is 0.213. The van der Waals surface area contributed by atoms with E-state index in [1.54, 1.807) is 40.9 Å². The molecule has 0 fully saturated rings. The standard InChI is InChI=1S/C23H24N4O5/c1-3-26(14-16-8-9-20-21(12-16)32-15-31-20)23(29)24-17-6-5-7-18(13-17)27-11-10-19(25-27)22(28)30-4-2/h5-13H,3-4,14-15H2,1-2H3,(H,24,29). The van der Waals surface area contributed by atoms with Crippen LogP contribution in [0.3, 0.4) is 0 Å². The van der Waals surface area contributed by atoms with Gasteiger partial charge in [0.2, 0.25) is 6.79 Å². The molecule has 4 rings (SSSR count). The Morgan fingerprint density at radius 2 is 1.97 bits per heavy atom. The van der Waals surface area contributed by atoms with Crippen LogP contribution in [0.1, 0.15) is 29.9 Å². The maximum Gasteiger partial charge on any atom is 0.358 e. The van der Waals surface area contributed by atoms with Crippen molar-refractivity contribution in [1.82, 2.24) is 14.7 Å². The number of amides is 2. The number of nitrogens with one attached hydrogen (secondary N) is 1. The van der Waals surface area contributed by atoms with Crippen molar-refractivity contribution in [1.29, 1.82) is 0 Å². The van der Waals surface area contributed by atoms with Gasteiger partial charge in [0.05, 0.1) is 12.3 Å². The van der Waals surface area contributed by atoms with Gasteiger partial charge in [-0.05, 0) is 55.8 Å². The number of rotatable bonds is 7. The number of fused-ring (bicyclic) bond motifs is 1. The molecule has 0 radical (unpaired) electrons. The Balaban J connectivity index is 1.44. The lowest BCUT2D eigenvalue weighted by Gasteiger charge is -2.22. The quantitative estimate of drug-likeness (QED) is 0.566. The molecule has 0 saturated carbocycles. The van der Waals surface area contributed by atoms with Crippen molar-refractivity contribution < 1.29 is 23.8 Å². The van der Waals surface area contributed by atoms with Gasteiger partial charge in [-0.1, -0.05) is 12.1 Å². The van der Waals surface area contributed by atoms with E-state index in [4.69, 9.17) is 14.2 Å². The molecule has 2 aromatic carbocycles. The van der Waals surface area contributed by atoms with Gasteiger partial charge < -0.3 is 24.4 Å². The zero-order chi connectivity index (χ0) is 22.5. The molecule has 0 unspecified atom stereocenters. The third kappa shape index (κ3) is 4.66. The van der Waals surface area contributed by atoms with Crippen LogP contribution in [-0.4, -0.2) is 46.6 Å². The van der Waals surface area contributed by atoms with Gasteiger partial charge in [0, 0.05) is 25.0 Å². The number of carbonyl (C=O) groups is 2. The normalized spacial score (nSPS) is 11.8. The second-order valence-corrected chi connectivity index (χ2v) is 7.05. The van der Waals surface area contributed by atoms with E-state index in [0.29, 0.717) is 36.0 Å². The summed E-state index contributed by atoms with van der Waals surface area (Å²) in [5, 5.41) is 7.18. The molecule has 32 heavy (non-hydrogen) atoms. The first-order valence-electron chi connectivity index (χ1n) is 10.3. The van der Waals surface area contributed by atoms with Crippen LogP contribution in [0.5, 0.6) is 11.5 Å². The van der Waals surface area contributed by atoms with E-state index >= 15 is 0 Å². The summed E-state index contributed by atoms with van der Waals surface area (Å²) >= 11 is 0. The topological polar surface area (TPSA) is 94.9 Å². The summed E-state index contributed by atoms with van der Waals surface area (Å²) in [6.45, 7) is 5.12. The lowest BCUT2D eigenvalue weighted by atomic mass is 10.2. The van der Waals surface area contributed by atoms with E-state index in [2.05, 4.69) is 10.4 Å². The van der Waals surface area contributed by atoms with Crippen LogP contribution in [0, 0.1) is 0 Å². The zero-order valence-electron chi connectivity index (χ0n) is 17.9. The molecule has 9 heteroatoms. The molecular formula is C23H24N4O5. The van der Waals surface area contributed by atoms with Gasteiger partial charge in [-0.3, -0.25) is 0 Å². The Morgan fingerprint density at radius 3 is 2.78 bits per heavy atom. The summed E-state index contributed by atoms with van der Waals surface area (Å²) in [6.07, 6.45) is 1.67. The summed E-state index contributed by atoms with van der Waals surface area (Å²) in [5.41, 5.74) is 2.49. The predicted molar refractivity (Wildman–Crippen MR) is 117 cm³/mol. The average molecular weight is 436 g/mol.